The quantitative estimate of drug-likeness (QED) is 0.167. The number of benzene rings is 9. The van der Waals surface area contributed by atoms with E-state index in [9.17, 15) is 0 Å². The standard InChI is InChI=1S/C53H33N3O/c1-53(2)41-21-11-9-20-39(41)48-50(31-24-28-45-40(29-31)36-18-10-12-22-44(36)57-45)54-52(55-51(48)53)56-42-26-23-30-13-3-4-14-32(30)47(42)49-43(56)27-25-38-35-17-6-5-15-33(35)34-16-7-8-19-37(34)46(38)49/h3-29H,1-2H3. The molecule has 0 saturated heterocycles. The summed E-state index contributed by atoms with van der Waals surface area (Å²) < 4.78 is 8.62. The Labute approximate surface area is 327 Å². The zero-order valence-corrected chi connectivity index (χ0v) is 31.3. The first-order valence-corrected chi connectivity index (χ1v) is 19.7. The molecule has 266 valence electrons. The lowest BCUT2D eigenvalue weighted by atomic mass is 9.85. The molecule has 1 aliphatic carbocycles. The van der Waals surface area contributed by atoms with Gasteiger partial charge in [0.1, 0.15) is 11.2 Å². The molecule has 9 aromatic carbocycles. The molecule has 0 spiro atoms. The number of hydrogen-bond acceptors (Lipinski definition) is 3. The first-order valence-electron chi connectivity index (χ1n) is 19.7. The fourth-order valence-electron chi connectivity index (χ4n) is 10.2. The molecule has 0 unspecified atom stereocenters. The van der Waals surface area contributed by atoms with Crippen LogP contribution in [0.5, 0.6) is 0 Å². The van der Waals surface area contributed by atoms with Crippen molar-refractivity contribution < 1.29 is 4.42 Å². The second-order valence-corrected chi connectivity index (χ2v) is 16.1. The van der Waals surface area contributed by atoms with E-state index in [1.165, 1.54) is 65.0 Å². The molecule has 12 aromatic rings. The summed E-state index contributed by atoms with van der Waals surface area (Å²) in [6.07, 6.45) is 0. The smallest absolute Gasteiger partial charge is 0.235 e. The Morgan fingerprint density at radius 3 is 1.91 bits per heavy atom. The normalized spacial score (nSPS) is 13.6. The number of hydrogen-bond donors (Lipinski definition) is 0. The van der Waals surface area contributed by atoms with Gasteiger partial charge in [0.2, 0.25) is 5.95 Å². The van der Waals surface area contributed by atoms with Gasteiger partial charge >= 0.3 is 0 Å². The van der Waals surface area contributed by atoms with Crippen molar-refractivity contribution in [3.05, 3.63) is 175 Å². The molecule has 57 heavy (non-hydrogen) atoms. The number of fused-ring (bicyclic) bond motifs is 18. The van der Waals surface area contributed by atoms with Crippen molar-refractivity contribution in [1.82, 2.24) is 14.5 Å². The van der Waals surface area contributed by atoms with E-state index < -0.39 is 0 Å². The predicted molar refractivity (Wildman–Crippen MR) is 237 cm³/mol. The van der Waals surface area contributed by atoms with Crippen LogP contribution in [0.2, 0.25) is 0 Å². The lowest BCUT2D eigenvalue weighted by Gasteiger charge is -2.21. The van der Waals surface area contributed by atoms with Crippen molar-refractivity contribution in [2.75, 3.05) is 0 Å². The van der Waals surface area contributed by atoms with E-state index in [0.717, 1.165) is 55.5 Å². The van der Waals surface area contributed by atoms with Crippen LogP contribution in [0, 0.1) is 0 Å². The molecule has 0 saturated carbocycles. The number of aromatic nitrogens is 3. The van der Waals surface area contributed by atoms with Crippen LogP contribution in [0.1, 0.15) is 25.1 Å². The van der Waals surface area contributed by atoms with Crippen LogP contribution in [-0.4, -0.2) is 14.5 Å². The Kier molecular flexibility index (Phi) is 5.94. The summed E-state index contributed by atoms with van der Waals surface area (Å²) >= 11 is 0. The average Bonchev–Trinajstić information content (AvgIpc) is 3.88. The minimum Gasteiger partial charge on any atom is -0.456 e. The van der Waals surface area contributed by atoms with E-state index in [4.69, 9.17) is 14.4 Å². The third kappa shape index (κ3) is 4.01. The molecule has 0 N–H and O–H groups in total. The topological polar surface area (TPSA) is 43.9 Å². The minimum absolute atomic E-state index is 0.349. The maximum Gasteiger partial charge on any atom is 0.235 e. The van der Waals surface area contributed by atoms with E-state index in [0.29, 0.717) is 5.95 Å². The van der Waals surface area contributed by atoms with Gasteiger partial charge in [-0.05, 0) is 85.2 Å². The van der Waals surface area contributed by atoms with Crippen molar-refractivity contribution in [3.8, 4) is 28.3 Å². The first kappa shape index (κ1) is 31.0. The zero-order chi connectivity index (χ0) is 37.6. The summed E-state index contributed by atoms with van der Waals surface area (Å²) in [6, 6.07) is 59.1. The highest BCUT2D eigenvalue weighted by Crippen LogP contribution is 2.52. The predicted octanol–water partition coefficient (Wildman–Crippen LogP) is 14.1. The van der Waals surface area contributed by atoms with Gasteiger partial charge < -0.3 is 4.42 Å². The zero-order valence-electron chi connectivity index (χ0n) is 31.3. The Hall–Kier alpha value is -7.30. The van der Waals surface area contributed by atoms with Gasteiger partial charge in [0.25, 0.3) is 0 Å². The molecule has 0 amide bonds. The summed E-state index contributed by atoms with van der Waals surface area (Å²) in [6.45, 7) is 4.60. The number of nitrogens with zero attached hydrogens (tertiary/aromatic N) is 3. The van der Waals surface area contributed by atoms with Gasteiger partial charge in [0.15, 0.2) is 0 Å². The van der Waals surface area contributed by atoms with E-state index in [-0.39, 0.29) is 5.41 Å². The van der Waals surface area contributed by atoms with Crippen molar-refractivity contribution >= 4 is 86.8 Å². The highest BCUT2D eigenvalue weighted by molar-refractivity contribution is 6.37. The minimum atomic E-state index is -0.349. The van der Waals surface area contributed by atoms with Crippen LogP contribution >= 0.6 is 0 Å². The molecule has 0 aliphatic heterocycles. The second kappa shape index (κ2) is 10.9. The molecule has 4 nitrogen and oxygen atoms in total. The second-order valence-electron chi connectivity index (χ2n) is 16.1. The molecule has 0 atom stereocenters. The van der Waals surface area contributed by atoms with Gasteiger partial charge in [0, 0.05) is 43.5 Å². The van der Waals surface area contributed by atoms with E-state index >= 15 is 0 Å². The van der Waals surface area contributed by atoms with Crippen molar-refractivity contribution in [2.45, 2.75) is 19.3 Å². The monoisotopic (exact) mass is 727 g/mol. The summed E-state index contributed by atoms with van der Waals surface area (Å²) in [5, 5.41) is 14.6. The molecule has 13 rings (SSSR count). The molecule has 1 aliphatic rings. The molecule has 4 heteroatoms. The van der Waals surface area contributed by atoms with Crippen LogP contribution in [0.15, 0.2) is 168 Å². The fraction of sp³-hybridized carbons (Fsp3) is 0.0566. The highest BCUT2D eigenvalue weighted by atomic mass is 16.3. The first-order chi connectivity index (χ1) is 28.0. The summed E-state index contributed by atoms with van der Waals surface area (Å²) in [5.41, 5.74) is 10.1. The maximum atomic E-state index is 6.29. The van der Waals surface area contributed by atoms with E-state index in [1.807, 2.05) is 12.1 Å². The van der Waals surface area contributed by atoms with Gasteiger partial charge in [-0.3, -0.25) is 4.57 Å². The molecule has 0 bridgehead atoms. The molecule has 3 aromatic heterocycles. The fourth-order valence-corrected chi connectivity index (χ4v) is 10.2. The van der Waals surface area contributed by atoms with Gasteiger partial charge in [0.05, 0.1) is 22.4 Å². The average molecular weight is 728 g/mol. The number of rotatable bonds is 2. The number of furan rings is 1. The molecule has 3 heterocycles. The lowest BCUT2D eigenvalue weighted by Crippen LogP contribution is -2.18. The Bertz CT molecular complexity index is 3700. The molecule has 0 fully saturated rings. The molecular weight excluding hydrogens is 695 g/mol. The maximum absolute atomic E-state index is 6.29. The van der Waals surface area contributed by atoms with Crippen LogP contribution < -0.4 is 0 Å². The van der Waals surface area contributed by atoms with Gasteiger partial charge in [-0.1, -0.05) is 141 Å². The third-order valence-corrected chi connectivity index (χ3v) is 12.7. The van der Waals surface area contributed by atoms with Crippen LogP contribution in [0.3, 0.4) is 0 Å². The van der Waals surface area contributed by atoms with Gasteiger partial charge in [-0.15, -0.1) is 0 Å². The Morgan fingerprint density at radius 1 is 0.474 bits per heavy atom. The van der Waals surface area contributed by atoms with Crippen molar-refractivity contribution in [1.29, 1.82) is 0 Å². The van der Waals surface area contributed by atoms with Crippen molar-refractivity contribution in [3.63, 3.8) is 0 Å². The number of para-hydroxylation sites is 1. The highest BCUT2D eigenvalue weighted by Gasteiger charge is 2.40. The van der Waals surface area contributed by atoms with Crippen molar-refractivity contribution in [2.24, 2.45) is 0 Å². The van der Waals surface area contributed by atoms with E-state index in [2.05, 4.69) is 170 Å². The lowest BCUT2D eigenvalue weighted by molar-refractivity contribution is 0.632. The summed E-state index contributed by atoms with van der Waals surface area (Å²) in [4.78, 5) is 11.3. The van der Waals surface area contributed by atoms with Crippen LogP contribution in [-0.2, 0) is 5.41 Å². The third-order valence-electron chi connectivity index (χ3n) is 12.7. The van der Waals surface area contributed by atoms with Gasteiger partial charge in [-0.2, -0.15) is 0 Å². The molecule has 0 radical (unpaired) electrons. The largest absolute Gasteiger partial charge is 0.456 e. The van der Waals surface area contributed by atoms with Crippen LogP contribution in [0.25, 0.3) is 115 Å². The SMILES string of the molecule is CC1(C)c2ccccc2-c2c(-c3ccc4oc5ccccc5c4c3)nc(-n3c4ccc5ccccc5c4c4c5c6ccccc6c6ccccc6c5ccc43)nc21. The Balaban J connectivity index is 1.21. The molecular formula is C53H33N3O. The van der Waals surface area contributed by atoms with Gasteiger partial charge in [-0.25, -0.2) is 9.97 Å². The summed E-state index contributed by atoms with van der Waals surface area (Å²) in [7, 11) is 0. The van der Waals surface area contributed by atoms with Crippen LogP contribution in [0.4, 0.5) is 0 Å². The van der Waals surface area contributed by atoms with E-state index in [1.54, 1.807) is 0 Å². The summed E-state index contributed by atoms with van der Waals surface area (Å²) in [5.74, 6) is 0.668. The Morgan fingerprint density at radius 2 is 1.09 bits per heavy atom.